The number of aromatic nitrogens is 1. The molecule has 5 nitrogen and oxygen atoms in total. The van der Waals surface area contributed by atoms with Crippen molar-refractivity contribution >= 4 is 5.69 Å². The van der Waals surface area contributed by atoms with E-state index in [9.17, 15) is 13.2 Å². The van der Waals surface area contributed by atoms with Crippen LogP contribution in [-0.4, -0.2) is 22.9 Å². The molecule has 0 fully saturated rings. The van der Waals surface area contributed by atoms with Gasteiger partial charge in [-0.3, -0.25) is 4.98 Å². The molecule has 0 unspecified atom stereocenters. The van der Waals surface area contributed by atoms with E-state index in [1.807, 2.05) is 55.0 Å². The fourth-order valence-corrected chi connectivity index (χ4v) is 3.17. The third kappa shape index (κ3) is 5.91. The first kappa shape index (κ1) is 20.6. The molecule has 2 heterocycles. The first-order chi connectivity index (χ1) is 14.9. The van der Waals surface area contributed by atoms with Gasteiger partial charge in [-0.25, -0.2) is 0 Å². The lowest BCUT2D eigenvalue weighted by Crippen LogP contribution is -2.24. The molecule has 0 N–H and O–H groups in total. The van der Waals surface area contributed by atoms with Crippen LogP contribution in [0.2, 0.25) is 0 Å². The molecule has 8 heteroatoms. The molecule has 160 valence electrons. The minimum atomic E-state index is -4.70. The molecule has 0 saturated carbocycles. The summed E-state index contributed by atoms with van der Waals surface area (Å²) >= 11 is 0. The van der Waals surface area contributed by atoms with Gasteiger partial charge in [-0.2, -0.15) is 0 Å². The van der Waals surface area contributed by atoms with Crippen molar-refractivity contribution in [3.63, 3.8) is 0 Å². The molecule has 3 aromatic rings. The van der Waals surface area contributed by atoms with E-state index in [0.717, 1.165) is 23.4 Å². The number of benzene rings is 2. The molecule has 0 radical (unpaired) electrons. The molecule has 0 bridgehead atoms. The van der Waals surface area contributed by atoms with Crippen molar-refractivity contribution in [1.29, 1.82) is 0 Å². The zero-order chi connectivity index (χ0) is 21.7. The van der Waals surface area contributed by atoms with Gasteiger partial charge in [0.15, 0.2) is 0 Å². The van der Waals surface area contributed by atoms with Crippen molar-refractivity contribution < 1.29 is 22.6 Å². The van der Waals surface area contributed by atoms with Crippen molar-refractivity contribution in [2.75, 3.05) is 11.6 Å². The Kier molecular flexibility index (Phi) is 5.97. The van der Waals surface area contributed by atoms with Crippen LogP contribution in [0, 0.1) is 0 Å². The maximum absolute atomic E-state index is 12.2. The Bertz CT molecular complexity index is 1020. The maximum Gasteiger partial charge on any atom is 0.573 e. The molecule has 0 atom stereocenters. The fraction of sp³-hybridized carbons (Fsp3) is 0.174. The van der Waals surface area contributed by atoms with E-state index in [2.05, 4.69) is 19.5 Å². The van der Waals surface area contributed by atoms with Crippen molar-refractivity contribution in [3.05, 3.63) is 96.6 Å². The van der Waals surface area contributed by atoms with E-state index in [1.165, 1.54) is 12.1 Å². The maximum atomic E-state index is 12.2. The van der Waals surface area contributed by atoms with Crippen molar-refractivity contribution in [2.24, 2.45) is 0 Å². The summed E-state index contributed by atoms with van der Waals surface area (Å²) in [7, 11) is 0. The molecule has 31 heavy (non-hydrogen) atoms. The first-order valence-corrected chi connectivity index (χ1v) is 9.60. The summed E-state index contributed by atoms with van der Waals surface area (Å²) in [6.45, 7) is 1.71. The molecule has 0 aliphatic carbocycles. The van der Waals surface area contributed by atoms with E-state index in [4.69, 9.17) is 4.74 Å². The quantitative estimate of drug-likeness (QED) is 0.511. The fourth-order valence-electron chi connectivity index (χ4n) is 3.17. The molecular formula is C23H20F3N3O2. The van der Waals surface area contributed by atoms with Gasteiger partial charge in [0.05, 0.1) is 6.67 Å². The Morgan fingerprint density at radius 3 is 2.48 bits per heavy atom. The van der Waals surface area contributed by atoms with E-state index in [1.54, 1.807) is 18.3 Å². The lowest BCUT2D eigenvalue weighted by molar-refractivity contribution is -0.274. The van der Waals surface area contributed by atoms with Gasteiger partial charge >= 0.3 is 6.36 Å². The first-order valence-electron chi connectivity index (χ1n) is 9.60. The second-order valence-corrected chi connectivity index (χ2v) is 7.00. The summed E-state index contributed by atoms with van der Waals surface area (Å²) in [5, 5.41) is 0. The summed E-state index contributed by atoms with van der Waals surface area (Å²) in [6.07, 6.45) is 2.95. The topological polar surface area (TPSA) is 37.8 Å². The van der Waals surface area contributed by atoms with Crippen LogP contribution in [0.4, 0.5) is 18.9 Å². The summed E-state index contributed by atoms with van der Waals surface area (Å²) in [5.41, 5.74) is 2.86. The normalized spacial score (nSPS) is 13.5. The van der Waals surface area contributed by atoms with Crippen LogP contribution >= 0.6 is 0 Å². The molecule has 1 aliphatic rings. The molecule has 1 aromatic heterocycles. The predicted octanol–water partition coefficient (Wildman–Crippen LogP) is 5.31. The monoisotopic (exact) mass is 427 g/mol. The molecule has 1 aliphatic heterocycles. The molecule has 0 amide bonds. The van der Waals surface area contributed by atoms with Gasteiger partial charge in [0.2, 0.25) is 0 Å². The van der Waals surface area contributed by atoms with Gasteiger partial charge in [-0.1, -0.05) is 24.3 Å². The van der Waals surface area contributed by atoms with Gasteiger partial charge in [-0.05, 0) is 41.5 Å². The highest BCUT2D eigenvalue weighted by Gasteiger charge is 2.30. The highest BCUT2D eigenvalue weighted by Crippen LogP contribution is 2.26. The predicted molar refractivity (Wildman–Crippen MR) is 110 cm³/mol. The standard InChI is InChI=1S/C23H20F3N3O2/c24-23(25,26)31-21-8-6-18(7-9-21)16-30-22-5-1-4-20(13-22)29-12-11-28(17-29)15-19-3-2-10-27-14-19/h1-14H,15-17H2. The summed E-state index contributed by atoms with van der Waals surface area (Å²) in [5.74, 6) is 0.419. The number of pyridine rings is 1. The smallest absolute Gasteiger partial charge is 0.489 e. The van der Waals surface area contributed by atoms with Crippen LogP contribution in [0.15, 0.2) is 85.5 Å². The van der Waals surface area contributed by atoms with E-state index >= 15 is 0 Å². The Hall–Kier alpha value is -3.68. The van der Waals surface area contributed by atoms with E-state index < -0.39 is 6.36 Å². The Morgan fingerprint density at radius 2 is 1.74 bits per heavy atom. The highest BCUT2D eigenvalue weighted by atomic mass is 19.4. The van der Waals surface area contributed by atoms with Gasteiger partial charge in [0.1, 0.15) is 18.1 Å². The second kappa shape index (κ2) is 8.99. The van der Waals surface area contributed by atoms with Crippen LogP contribution in [0.1, 0.15) is 11.1 Å². The summed E-state index contributed by atoms with van der Waals surface area (Å²) < 4.78 is 46.4. The summed E-state index contributed by atoms with van der Waals surface area (Å²) in [4.78, 5) is 8.42. The lowest BCUT2D eigenvalue weighted by Gasteiger charge is -2.21. The second-order valence-electron chi connectivity index (χ2n) is 7.00. The van der Waals surface area contributed by atoms with Crippen LogP contribution in [0.25, 0.3) is 0 Å². The Balaban J connectivity index is 1.32. The third-order valence-electron chi connectivity index (χ3n) is 4.61. The van der Waals surface area contributed by atoms with Crippen LogP contribution in [0.5, 0.6) is 11.5 Å². The van der Waals surface area contributed by atoms with Crippen molar-refractivity contribution in [2.45, 2.75) is 19.5 Å². The average Bonchev–Trinajstić information content (AvgIpc) is 3.22. The molecule has 2 aromatic carbocycles. The van der Waals surface area contributed by atoms with Crippen LogP contribution < -0.4 is 14.4 Å². The highest BCUT2D eigenvalue weighted by molar-refractivity contribution is 5.53. The van der Waals surface area contributed by atoms with Gasteiger partial charge in [0.25, 0.3) is 0 Å². The van der Waals surface area contributed by atoms with Gasteiger partial charge in [-0.15, -0.1) is 13.2 Å². The number of halogens is 3. The van der Waals surface area contributed by atoms with Crippen LogP contribution in [0.3, 0.4) is 0 Å². The largest absolute Gasteiger partial charge is 0.573 e. The Morgan fingerprint density at radius 1 is 0.903 bits per heavy atom. The lowest BCUT2D eigenvalue weighted by atomic mass is 10.2. The summed E-state index contributed by atoms with van der Waals surface area (Å²) in [6, 6.07) is 17.3. The van der Waals surface area contributed by atoms with Gasteiger partial charge < -0.3 is 19.3 Å². The number of rotatable bonds is 7. The number of hydrogen-bond acceptors (Lipinski definition) is 5. The number of nitrogens with zero attached hydrogens (tertiary/aromatic N) is 3. The van der Waals surface area contributed by atoms with E-state index in [0.29, 0.717) is 12.4 Å². The van der Waals surface area contributed by atoms with Crippen molar-refractivity contribution in [3.8, 4) is 11.5 Å². The Labute approximate surface area is 178 Å². The number of ether oxygens (including phenoxy) is 2. The third-order valence-corrected chi connectivity index (χ3v) is 4.61. The van der Waals surface area contributed by atoms with Crippen LogP contribution in [-0.2, 0) is 13.2 Å². The molecule has 0 spiro atoms. The SMILES string of the molecule is FC(F)(F)Oc1ccc(COc2cccc(N3C=CN(Cc4cccnc4)C3)c2)cc1. The van der Waals surface area contributed by atoms with E-state index in [-0.39, 0.29) is 12.4 Å². The molecule has 0 saturated heterocycles. The number of anilines is 1. The van der Waals surface area contributed by atoms with Crippen molar-refractivity contribution in [1.82, 2.24) is 9.88 Å². The molecule has 4 rings (SSSR count). The van der Waals surface area contributed by atoms with Gasteiger partial charge in [0, 0.05) is 43.1 Å². The zero-order valence-electron chi connectivity index (χ0n) is 16.5. The molecular weight excluding hydrogens is 407 g/mol. The number of alkyl halides is 3. The number of hydrogen-bond donors (Lipinski definition) is 0. The minimum Gasteiger partial charge on any atom is -0.489 e. The minimum absolute atomic E-state index is 0.235. The zero-order valence-corrected chi connectivity index (χ0v) is 16.5. The average molecular weight is 427 g/mol.